The fourth-order valence-electron chi connectivity index (χ4n) is 1.48. The standard InChI is InChI=1S/C10H7N3OS.H2/c14-10-6-7(8-2-1-5-15-8)12-9-3-4-11-13(9)10;/h1-6,11H;1H. The molecule has 0 aliphatic heterocycles. The number of aromatic amines is 1. The maximum atomic E-state index is 11.7. The van der Waals surface area contributed by atoms with E-state index in [9.17, 15) is 4.79 Å². The molecule has 0 aliphatic rings. The summed E-state index contributed by atoms with van der Waals surface area (Å²) in [5.41, 5.74) is 1.29. The summed E-state index contributed by atoms with van der Waals surface area (Å²) in [5, 5.41) is 4.77. The van der Waals surface area contributed by atoms with Crippen molar-refractivity contribution in [1.29, 1.82) is 0 Å². The molecule has 1 N–H and O–H groups in total. The second-order valence-corrected chi connectivity index (χ2v) is 4.06. The summed E-state index contributed by atoms with van der Waals surface area (Å²) in [7, 11) is 0. The third kappa shape index (κ3) is 1.28. The molecule has 3 aromatic heterocycles. The van der Waals surface area contributed by atoms with E-state index in [1.54, 1.807) is 23.6 Å². The number of hydrogen-bond donors (Lipinski definition) is 1. The molecule has 76 valence electrons. The van der Waals surface area contributed by atoms with Crippen molar-refractivity contribution >= 4 is 17.0 Å². The average Bonchev–Trinajstić information content (AvgIpc) is 2.88. The lowest BCUT2D eigenvalue weighted by molar-refractivity contribution is 0.901. The van der Waals surface area contributed by atoms with E-state index in [0.717, 1.165) is 10.6 Å². The van der Waals surface area contributed by atoms with Crippen molar-refractivity contribution in [1.82, 2.24) is 14.6 Å². The Bertz CT molecular complexity index is 656. The first kappa shape index (κ1) is 8.43. The lowest BCUT2D eigenvalue weighted by atomic mass is 10.3. The van der Waals surface area contributed by atoms with Crippen LogP contribution in [0.15, 0.2) is 40.6 Å². The van der Waals surface area contributed by atoms with E-state index in [-0.39, 0.29) is 6.99 Å². The van der Waals surface area contributed by atoms with Crippen LogP contribution in [0.5, 0.6) is 0 Å². The molecular formula is C10H9N3OS. The first-order chi connectivity index (χ1) is 7.34. The second kappa shape index (κ2) is 3.06. The number of thiophene rings is 1. The summed E-state index contributed by atoms with van der Waals surface area (Å²) >= 11 is 1.58. The Morgan fingerprint density at radius 2 is 2.40 bits per heavy atom. The molecule has 0 bridgehead atoms. The molecular weight excluding hydrogens is 210 g/mol. The highest BCUT2D eigenvalue weighted by Crippen LogP contribution is 2.21. The van der Waals surface area contributed by atoms with Gasteiger partial charge in [0.1, 0.15) is 0 Å². The molecule has 0 aromatic carbocycles. The molecule has 0 spiro atoms. The first-order valence-corrected chi connectivity index (χ1v) is 5.34. The Morgan fingerprint density at radius 3 is 3.20 bits per heavy atom. The average molecular weight is 219 g/mol. The van der Waals surface area contributed by atoms with Gasteiger partial charge in [-0.05, 0) is 11.4 Å². The fraction of sp³-hybridized carbons (Fsp3) is 0. The molecule has 3 aromatic rings. The molecule has 3 heterocycles. The quantitative estimate of drug-likeness (QED) is 0.680. The van der Waals surface area contributed by atoms with Crippen LogP contribution in [-0.2, 0) is 0 Å². The smallest absolute Gasteiger partial charge is 0.273 e. The van der Waals surface area contributed by atoms with E-state index < -0.39 is 0 Å². The van der Waals surface area contributed by atoms with E-state index in [1.807, 2.05) is 17.5 Å². The van der Waals surface area contributed by atoms with Crippen LogP contribution in [0.1, 0.15) is 1.43 Å². The zero-order valence-corrected chi connectivity index (χ0v) is 8.49. The number of rotatable bonds is 1. The summed E-state index contributed by atoms with van der Waals surface area (Å²) in [6.07, 6.45) is 1.70. The Labute approximate surface area is 90.3 Å². The Hall–Kier alpha value is -1.88. The molecule has 0 atom stereocenters. The normalized spacial score (nSPS) is 10.9. The second-order valence-electron chi connectivity index (χ2n) is 3.11. The lowest BCUT2D eigenvalue weighted by Crippen LogP contribution is -2.13. The monoisotopic (exact) mass is 219 g/mol. The van der Waals surface area contributed by atoms with Gasteiger partial charge in [-0.1, -0.05) is 6.07 Å². The van der Waals surface area contributed by atoms with Crippen LogP contribution in [0.3, 0.4) is 0 Å². The van der Waals surface area contributed by atoms with Crippen LogP contribution in [-0.4, -0.2) is 14.6 Å². The van der Waals surface area contributed by atoms with Gasteiger partial charge in [0.15, 0.2) is 5.65 Å². The van der Waals surface area contributed by atoms with Crippen LogP contribution in [0.4, 0.5) is 0 Å². The molecule has 0 fully saturated rings. The van der Waals surface area contributed by atoms with Crippen molar-refractivity contribution in [3.63, 3.8) is 0 Å². The van der Waals surface area contributed by atoms with E-state index in [4.69, 9.17) is 0 Å². The minimum Gasteiger partial charge on any atom is -0.297 e. The van der Waals surface area contributed by atoms with Crippen LogP contribution >= 0.6 is 11.3 Å². The molecule has 3 rings (SSSR count). The molecule has 0 radical (unpaired) electrons. The van der Waals surface area contributed by atoms with Crippen molar-refractivity contribution in [3.8, 4) is 10.6 Å². The highest BCUT2D eigenvalue weighted by atomic mass is 32.1. The zero-order chi connectivity index (χ0) is 10.3. The van der Waals surface area contributed by atoms with E-state index in [2.05, 4.69) is 10.1 Å². The van der Waals surface area contributed by atoms with Gasteiger partial charge in [-0.25, -0.2) is 9.50 Å². The largest absolute Gasteiger partial charge is 0.297 e. The van der Waals surface area contributed by atoms with Gasteiger partial charge >= 0.3 is 0 Å². The van der Waals surface area contributed by atoms with Crippen LogP contribution < -0.4 is 5.56 Å². The molecule has 0 saturated carbocycles. The highest BCUT2D eigenvalue weighted by molar-refractivity contribution is 7.13. The van der Waals surface area contributed by atoms with Crippen molar-refractivity contribution in [2.75, 3.05) is 0 Å². The van der Waals surface area contributed by atoms with Crippen molar-refractivity contribution < 1.29 is 1.43 Å². The number of aromatic nitrogens is 3. The highest BCUT2D eigenvalue weighted by Gasteiger charge is 2.05. The summed E-state index contributed by atoms with van der Waals surface area (Å²) in [6, 6.07) is 7.21. The van der Waals surface area contributed by atoms with Crippen molar-refractivity contribution in [3.05, 3.63) is 46.2 Å². The molecule has 4 nitrogen and oxygen atoms in total. The van der Waals surface area contributed by atoms with E-state index in [0.29, 0.717) is 5.65 Å². The van der Waals surface area contributed by atoms with Crippen LogP contribution in [0.2, 0.25) is 0 Å². The minimum atomic E-state index is -0.0894. The van der Waals surface area contributed by atoms with Crippen LogP contribution in [0, 0.1) is 0 Å². The molecule has 0 aliphatic carbocycles. The lowest BCUT2D eigenvalue weighted by Gasteiger charge is -1.96. The fourth-order valence-corrected chi connectivity index (χ4v) is 2.16. The Balaban J connectivity index is 0.000000963. The number of H-pyrrole nitrogens is 1. The Kier molecular flexibility index (Phi) is 1.72. The summed E-state index contributed by atoms with van der Waals surface area (Å²) in [5.74, 6) is 0. The van der Waals surface area contributed by atoms with E-state index in [1.165, 1.54) is 10.6 Å². The number of nitrogens with zero attached hydrogens (tertiary/aromatic N) is 2. The molecule has 0 amide bonds. The van der Waals surface area contributed by atoms with Gasteiger partial charge in [-0.3, -0.25) is 9.89 Å². The van der Waals surface area contributed by atoms with Gasteiger partial charge in [0, 0.05) is 19.8 Å². The predicted octanol–water partition coefficient (Wildman–Crippen LogP) is 2.00. The van der Waals surface area contributed by atoms with E-state index >= 15 is 0 Å². The number of fused-ring (bicyclic) bond motifs is 1. The predicted molar refractivity (Wildman–Crippen MR) is 61.2 cm³/mol. The summed E-state index contributed by atoms with van der Waals surface area (Å²) in [6.45, 7) is 0. The SMILES string of the molecule is O=c1cc(-c2cccs2)nc2cc[nH]n12.[HH]. The van der Waals surface area contributed by atoms with Gasteiger partial charge in [0.05, 0.1) is 10.6 Å². The molecule has 5 heteroatoms. The molecule has 0 unspecified atom stereocenters. The minimum absolute atomic E-state index is 0. The van der Waals surface area contributed by atoms with Gasteiger partial charge in [-0.2, -0.15) is 0 Å². The van der Waals surface area contributed by atoms with Crippen molar-refractivity contribution in [2.24, 2.45) is 0 Å². The van der Waals surface area contributed by atoms with Gasteiger partial charge < -0.3 is 0 Å². The summed E-state index contributed by atoms with van der Waals surface area (Å²) in [4.78, 5) is 17.0. The topological polar surface area (TPSA) is 50.2 Å². The first-order valence-electron chi connectivity index (χ1n) is 4.46. The van der Waals surface area contributed by atoms with Crippen LogP contribution in [0.25, 0.3) is 16.2 Å². The van der Waals surface area contributed by atoms with Gasteiger partial charge in [-0.15, -0.1) is 11.3 Å². The maximum absolute atomic E-state index is 11.7. The van der Waals surface area contributed by atoms with Gasteiger partial charge in [0.25, 0.3) is 5.56 Å². The number of hydrogen-bond acceptors (Lipinski definition) is 3. The Morgan fingerprint density at radius 1 is 1.47 bits per heavy atom. The third-order valence-electron chi connectivity index (χ3n) is 2.15. The van der Waals surface area contributed by atoms with Gasteiger partial charge in [0.2, 0.25) is 0 Å². The van der Waals surface area contributed by atoms with Crippen molar-refractivity contribution in [2.45, 2.75) is 0 Å². The molecule has 15 heavy (non-hydrogen) atoms. The molecule has 0 saturated heterocycles. The zero-order valence-electron chi connectivity index (χ0n) is 7.68. The summed E-state index contributed by atoms with van der Waals surface area (Å²) < 4.78 is 1.41. The number of nitrogens with one attached hydrogen (secondary N) is 1. The third-order valence-corrected chi connectivity index (χ3v) is 3.05. The maximum Gasteiger partial charge on any atom is 0.273 e.